The number of rotatable bonds is 3. The number of nitrogens with zero attached hydrogens (tertiary/aromatic N) is 5. The van der Waals surface area contributed by atoms with Gasteiger partial charge in [0.25, 0.3) is 5.91 Å². The van der Waals surface area contributed by atoms with Crippen molar-refractivity contribution in [1.29, 1.82) is 0 Å². The zero-order chi connectivity index (χ0) is 19.5. The molecule has 0 atom stereocenters. The monoisotopic (exact) mass is 399 g/mol. The van der Waals surface area contributed by atoms with E-state index in [-0.39, 0.29) is 5.91 Å². The molecule has 0 saturated carbocycles. The maximum Gasteiger partial charge on any atom is 0.257 e. The molecule has 0 spiro atoms. The Hall–Kier alpha value is -2.34. The van der Waals surface area contributed by atoms with Crippen LogP contribution in [0.4, 0.5) is 11.6 Å². The van der Waals surface area contributed by atoms with Crippen molar-refractivity contribution in [2.75, 3.05) is 49.1 Å². The number of carbonyl (C=O) groups is 1. The molecule has 3 heterocycles. The lowest BCUT2D eigenvalue weighted by Crippen LogP contribution is -2.48. The Morgan fingerprint density at radius 1 is 1.00 bits per heavy atom. The Labute approximate surface area is 171 Å². The number of hydrogen-bond donors (Lipinski definition) is 0. The summed E-state index contributed by atoms with van der Waals surface area (Å²) in [4.78, 5) is 28.1. The molecule has 28 heavy (non-hydrogen) atoms. The van der Waals surface area contributed by atoms with Gasteiger partial charge < -0.3 is 14.7 Å². The van der Waals surface area contributed by atoms with Gasteiger partial charge >= 0.3 is 0 Å². The summed E-state index contributed by atoms with van der Waals surface area (Å²) in [5.41, 5.74) is 1.66. The number of piperidine rings is 1. The van der Waals surface area contributed by atoms with Crippen molar-refractivity contribution in [2.24, 2.45) is 5.92 Å². The second-order valence-corrected chi connectivity index (χ2v) is 8.14. The average Bonchev–Trinajstić information content (AvgIpc) is 2.74. The summed E-state index contributed by atoms with van der Waals surface area (Å²) in [6.45, 7) is 7.19. The van der Waals surface area contributed by atoms with Gasteiger partial charge in [-0.2, -0.15) is 0 Å². The SMILES string of the molecule is CC1CCN(c2ncc(C(=O)N3CCN(c4cccc(Cl)c4)CC3)cn2)CC1. The van der Waals surface area contributed by atoms with Gasteiger partial charge in [-0.1, -0.05) is 24.6 Å². The molecule has 6 nitrogen and oxygen atoms in total. The highest BCUT2D eigenvalue weighted by molar-refractivity contribution is 6.30. The van der Waals surface area contributed by atoms with Crippen molar-refractivity contribution >= 4 is 29.1 Å². The minimum Gasteiger partial charge on any atom is -0.368 e. The fraction of sp³-hybridized carbons (Fsp3) is 0.476. The van der Waals surface area contributed by atoms with Crippen LogP contribution in [-0.4, -0.2) is 60.0 Å². The van der Waals surface area contributed by atoms with Gasteiger partial charge in [-0.3, -0.25) is 4.79 Å². The minimum atomic E-state index is 0.00422. The van der Waals surface area contributed by atoms with Crippen LogP contribution in [0, 0.1) is 5.92 Å². The van der Waals surface area contributed by atoms with Crippen molar-refractivity contribution in [1.82, 2.24) is 14.9 Å². The molecule has 2 fully saturated rings. The quantitative estimate of drug-likeness (QED) is 0.792. The summed E-state index contributed by atoms with van der Waals surface area (Å²) in [6, 6.07) is 7.85. The van der Waals surface area contributed by atoms with Crippen LogP contribution >= 0.6 is 11.6 Å². The Balaban J connectivity index is 1.35. The first kappa shape index (κ1) is 19.0. The first-order chi connectivity index (χ1) is 13.6. The van der Waals surface area contributed by atoms with Gasteiger partial charge in [0, 0.05) is 62.4 Å². The molecule has 148 valence electrons. The maximum atomic E-state index is 12.8. The number of amides is 1. The summed E-state index contributed by atoms with van der Waals surface area (Å²) in [5.74, 6) is 1.50. The van der Waals surface area contributed by atoms with Crippen molar-refractivity contribution in [3.05, 3.63) is 47.2 Å². The second-order valence-electron chi connectivity index (χ2n) is 7.70. The highest BCUT2D eigenvalue weighted by Gasteiger charge is 2.24. The molecule has 4 rings (SSSR count). The van der Waals surface area contributed by atoms with E-state index >= 15 is 0 Å². The minimum absolute atomic E-state index is 0.00422. The third-order valence-corrected chi connectivity index (χ3v) is 5.93. The molecule has 1 aromatic carbocycles. The van der Waals surface area contributed by atoms with Crippen molar-refractivity contribution in [3.63, 3.8) is 0 Å². The zero-order valence-electron chi connectivity index (χ0n) is 16.2. The molecule has 0 aliphatic carbocycles. The van der Waals surface area contributed by atoms with Gasteiger partial charge in [0.2, 0.25) is 5.95 Å². The van der Waals surface area contributed by atoms with E-state index in [0.717, 1.165) is 48.8 Å². The molecule has 0 bridgehead atoms. The van der Waals surface area contributed by atoms with Gasteiger partial charge in [-0.05, 0) is 37.0 Å². The van der Waals surface area contributed by atoms with Crippen LogP contribution in [0.25, 0.3) is 0 Å². The van der Waals surface area contributed by atoms with Crippen LogP contribution in [0.5, 0.6) is 0 Å². The van der Waals surface area contributed by atoms with Crippen molar-refractivity contribution in [3.8, 4) is 0 Å². The van der Waals surface area contributed by atoms with E-state index < -0.39 is 0 Å². The lowest BCUT2D eigenvalue weighted by molar-refractivity contribution is 0.0746. The molecule has 0 unspecified atom stereocenters. The van der Waals surface area contributed by atoms with E-state index in [1.165, 1.54) is 12.8 Å². The van der Waals surface area contributed by atoms with Crippen LogP contribution in [0.1, 0.15) is 30.1 Å². The molecule has 2 saturated heterocycles. The summed E-state index contributed by atoms with van der Waals surface area (Å²) < 4.78 is 0. The third kappa shape index (κ3) is 4.22. The number of carbonyl (C=O) groups excluding carboxylic acids is 1. The average molecular weight is 400 g/mol. The molecule has 2 aliphatic rings. The lowest BCUT2D eigenvalue weighted by atomic mass is 10.00. The predicted molar refractivity (Wildman–Crippen MR) is 112 cm³/mol. The number of halogens is 1. The van der Waals surface area contributed by atoms with E-state index in [4.69, 9.17) is 11.6 Å². The topological polar surface area (TPSA) is 52.6 Å². The summed E-state index contributed by atoms with van der Waals surface area (Å²) in [6.07, 6.45) is 5.68. The first-order valence-corrected chi connectivity index (χ1v) is 10.3. The maximum absolute atomic E-state index is 12.8. The normalized spacial score (nSPS) is 18.4. The second kappa shape index (κ2) is 8.35. The Bertz CT molecular complexity index is 812. The summed E-state index contributed by atoms with van der Waals surface area (Å²) in [7, 11) is 0. The predicted octanol–water partition coefficient (Wildman–Crippen LogP) is 3.33. The number of hydrogen-bond acceptors (Lipinski definition) is 5. The van der Waals surface area contributed by atoms with E-state index in [1.54, 1.807) is 12.4 Å². The van der Waals surface area contributed by atoms with Crippen LogP contribution < -0.4 is 9.80 Å². The van der Waals surface area contributed by atoms with Crippen molar-refractivity contribution in [2.45, 2.75) is 19.8 Å². The molecule has 0 N–H and O–H groups in total. The van der Waals surface area contributed by atoms with E-state index in [2.05, 4.69) is 32.8 Å². The fourth-order valence-corrected chi connectivity index (χ4v) is 4.01. The van der Waals surface area contributed by atoms with Crippen LogP contribution in [0.2, 0.25) is 5.02 Å². The highest BCUT2D eigenvalue weighted by atomic mass is 35.5. The molecule has 0 radical (unpaired) electrons. The van der Waals surface area contributed by atoms with Gasteiger partial charge in [0.1, 0.15) is 0 Å². The standard InChI is InChI=1S/C21H26ClN5O/c1-16-5-7-27(8-6-16)21-23-14-17(15-24-21)20(28)26-11-9-25(10-12-26)19-4-2-3-18(22)13-19/h2-4,13-16H,5-12H2,1H3. The molecule has 2 aliphatic heterocycles. The zero-order valence-corrected chi connectivity index (χ0v) is 17.0. The molecular weight excluding hydrogens is 374 g/mol. The molecule has 1 aromatic heterocycles. The molecule has 2 aromatic rings. The highest BCUT2D eigenvalue weighted by Crippen LogP contribution is 2.22. The molecule has 7 heteroatoms. The Kier molecular flexibility index (Phi) is 5.67. The van der Waals surface area contributed by atoms with Gasteiger partial charge in [0.05, 0.1) is 5.56 Å². The lowest BCUT2D eigenvalue weighted by Gasteiger charge is -2.36. The van der Waals surface area contributed by atoms with Crippen molar-refractivity contribution < 1.29 is 4.79 Å². The van der Waals surface area contributed by atoms with Crippen LogP contribution in [-0.2, 0) is 0 Å². The van der Waals surface area contributed by atoms with Crippen LogP contribution in [0.3, 0.4) is 0 Å². The summed E-state index contributed by atoms with van der Waals surface area (Å²) >= 11 is 6.09. The fourth-order valence-electron chi connectivity index (χ4n) is 3.83. The number of benzene rings is 1. The number of aromatic nitrogens is 2. The van der Waals surface area contributed by atoms with E-state index in [1.807, 2.05) is 23.1 Å². The largest absolute Gasteiger partial charge is 0.368 e. The van der Waals surface area contributed by atoms with Crippen LogP contribution in [0.15, 0.2) is 36.7 Å². The number of piperazine rings is 1. The first-order valence-electron chi connectivity index (χ1n) is 9.97. The van der Waals surface area contributed by atoms with Gasteiger partial charge in [-0.25, -0.2) is 9.97 Å². The van der Waals surface area contributed by atoms with Gasteiger partial charge in [-0.15, -0.1) is 0 Å². The Morgan fingerprint density at radius 2 is 1.68 bits per heavy atom. The Morgan fingerprint density at radius 3 is 2.32 bits per heavy atom. The van der Waals surface area contributed by atoms with Gasteiger partial charge in [0.15, 0.2) is 0 Å². The molecule has 1 amide bonds. The molecular formula is C21H26ClN5O. The van der Waals surface area contributed by atoms with E-state index in [0.29, 0.717) is 18.7 Å². The van der Waals surface area contributed by atoms with E-state index in [9.17, 15) is 4.79 Å². The third-order valence-electron chi connectivity index (χ3n) is 5.69. The smallest absolute Gasteiger partial charge is 0.257 e. The number of anilines is 2. The summed E-state index contributed by atoms with van der Waals surface area (Å²) in [5, 5.41) is 0.733.